The SMILES string of the molecule is CCCCC(NC(=O)NCCN1CCCC1)C(=O)O. The maximum absolute atomic E-state index is 11.6. The average Bonchev–Trinajstić information content (AvgIpc) is 2.87. The van der Waals surface area contributed by atoms with Crippen LogP contribution in [-0.4, -0.2) is 54.2 Å². The number of carboxylic acid groups (broad SMARTS) is 1. The molecular weight excluding hydrogens is 246 g/mol. The van der Waals surface area contributed by atoms with Gasteiger partial charge < -0.3 is 20.6 Å². The van der Waals surface area contributed by atoms with Crippen molar-refractivity contribution in [2.75, 3.05) is 26.2 Å². The highest BCUT2D eigenvalue weighted by atomic mass is 16.4. The van der Waals surface area contributed by atoms with Gasteiger partial charge in [0.25, 0.3) is 0 Å². The molecule has 19 heavy (non-hydrogen) atoms. The topological polar surface area (TPSA) is 81.7 Å². The molecule has 1 atom stereocenters. The summed E-state index contributed by atoms with van der Waals surface area (Å²) in [5.74, 6) is -0.969. The molecule has 0 radical (unpaired) electrons. The van der Waals surface area contributed by atoms with Crippen molar-refractivity contribution in [1.29, 1.82) is 0 Å². The molecular formula is C13H25N3O3. The molecule has 1 aliphatic heterocycles. The van der Waals surface area contributed by atoms with Gasteiger partial charge in [-0.2, -0.15) is 0 Å². The first-order valence-electron chi connectivity index (χ1n) is 7.13. The average molecular weight is 271 g/mol. The van der Waals surface area contributed by atoms with Gasteiger partial charge in [-0.1, -0.05) is 19.8 Å². The van der Waals surface area contributed by atoms with E-state index in [4.69, 9.17) is 5.11 Å². The number of aliphatic carboxylic acids is 1. The number of nitrogens with zero attached hydrogens (tertiary/aromatic N) is 1. The Morgan fingerprint density at radius 3 is 2.58 bits per heavy atom. The Labute approximate surface area is 114 Å². The Balaban J connectivity index is 2.17. The maximum atomic E-state index is 11.6. The highest BCUT2D eigenvalue weighted by Crippen LogP contribution is 2.05. The third kappa shape index (κ3) is 6.42. The van der Waals surface area contributed by atoms with E-state index in [0.29, 0.717) is 13.0 Å². The summed E-state index contributed by atoms with van der Waals surface area (Å²) in [4.78, 5) is 24.9. The van der Waals surface area contributed by atoms with Crippen LogP contribution in [0.2, 0.25) is 0 Å². The Morgan fingerprint density at radius 2 is 2.00 bits per heavy atom. The summed E-state index contributed by atoms with van der Waals surface area (Å²) in [6, 6.07) is -1.17. The highest BCUT2D eigenvalue weighted by Gasteiger charge is 2.19. The minimum atomic E-state index is -0.969. The molecule has 0 spiro atoms. The number of amides is 2. The summed E-state index contributed by atoms with van der Waals surface area (Å²) in [5, 5.41) is 14.2. The number of urea groups is 1. The molecule has 110 valence electrons. The third-order valence-corrected chi connectivity index (χ3v) is 3.36. The number of hydrogen-bond donors (Lipinski definition) is 3. The number of hydrogen-bond acceptors (Lipinski definition) is 3. The fourth-order valence-electron chi connectivity index (χ4n) is 2.21. The number of likely N-dealkylation sites (tertiary alicyclic amines) is 1. The lowest BCUT2D eigenvalue weighted by molar-refractivity contribution is -0.139. The summed E-state index contributed by atoms with van der Waals surface area (Å²) < 4.78 is 0. The lowest BCUT2D eigenvalue weighted by Gasteiger charge is -2.17. The van der Waals surface area contributed by atoms with Gasteiger partial charge in [-0.25, -0.2) is 9.59 Å². The quantitative estimate of drug-likeness (QED) is 0.616. The van der Waals surface area contributed by atoms with Gasteiger partial charge in [0, 0.05) is 13.1 Å². The number of rotatable bonds is 8. The lowest BCUT2D eigenvalue weighted by atomic mass is 10.1. The van der Waals surface area contributed by atoms with E-state index < -0.39 is 12.0 Å². The van der Waals surface area contributed by atoms with E-state index in [0.717, 1.165) is 32.5 Å². The number of carbonyl (C=O) groups is 2. The second-order valence-corrected chi connectivity index (χ2v) is 4.98. The zero-order chi connectivity index (χ0) is 14.1. The number of nitrogens with one attached hydrogen (secondary N) is 2. The Morgan fingerprint density at radius 1 is 1.32 bits per heavy atom. The summed E-state index contributed by atoms with van der Waals surface area (Å²) in [6.45, 7) is 5.58. The fourth-order valence-corrected chi connectivity index (χ4v) is 2.21. The van der Waals surface area contributed by atoms with Crippen molar-refractivity contribution in [2.24, 2.45) is 0 Å². The summed E-state index contributed by atoms with van der Waals surface area (Å²) >= 11 is 0. The standard InChI is InChI=1S/C13H25N3O3/c1-2-3-6-11(12(17)18)15-13(19)14-7-10-16-8-4-5-9-16/h11H,2-10H2,1H3,(H,17,18)(H2,14,15,19). The van der Waals surface area contributed by atoms with E-state index in [2.05, 4.69) is 15.5 Å². The van der Waals surface area contributed by atoms with Crippen LogP contribution >= 0.6 is 0 Å². The molecule has 1 rings (SSSR count). The second-order valence-electron chi connectivity index (χ2n) is 4.98. The van der Waals surface area contributed by atoms with Crippen LogP contribution in [0.15, 0.2) is 0 Å². The second kappa shape index (κ2) is 8.74. The molecule has 1 aliphatic rings. The number of carboxylic acids is 1. The van der Waals surface area contributed by atoms with Gasteiger partial charge >= 0.3 is 12.0 Å². The molecule has 1 fully saturated rings. The van der Waals surface area contributed by atoms with Gasteiger partial charge in [-0.15, -0.1) is 0 Å². The van der Waals surface area contributed by atoms with E-state index >= 15 is 0 Å². The zero-order valence-corrected chi connectivity index (χ0v) is 11.7. The lowest BCUT2D eigenvalue weighted by Crippen LogP contribution is -2.47. The van der Waals surface area contributed by atoms with Crippen molar-refractivity contribution < 1.29 is 14.7 Å². The molecule has 0 aromatic carbocycles. The van der Waals surface area contributed by atoms with E-state index in [-0.39, 0.29) is 6.03 Å². The number of unbranched alkanes of at least 4 members (excludes halogenated alkanes) is 1. The van der Waals surface area contributed by atoms with Crippen LogP contribution in [0, 0.1) is 0 Å². The molecule has 1 unspecified atom stereocenters. The van der Waals surface area contributed by atoms with Gasteiger partial charge in [0.15, 0.2) is 0 Å². The third-order valence-electron chi connectivity index (χ3n) is 3.36. The zero-order valence-electron chi connectivity index (χ0n) is 11.7. The van der Waals surface area contributed by atoms with Crippen LogP contribution in [0.4, 0.5) is 4.79 Å². The fraction of sp³-hybridized carbons (Fsp3) is 0.846. The smallest absolute Gasteiger partial charge is 0.326 e. The summed E-state index contributed by atoms with van der Waals surface area (Å²) in [5.41, 5.74) is 0. The molecule has 0 aromatic rings. The van der Waals surface area contributed by atoms with E-state index in [1.807, 2.05) is 6.92 Å². The van der Waals surface area contributed by atoms with Gasteiger partial charge in [0.05, 0.1) is 0 Å². The predicted molar refractivity (Wildman–Crippen MR) is 73.2 cm³/mol. The van der Waals surface area contributed by atoms with E-state index in [9.17, 15) is 9.59 Å². The monoisotopic (exact) mass is 271 g/mol. The van der Waals surface area contributed by atoms with Crippen LogP contribution in [0.3, 0.4) is 0 Å². The minimum absolute atomic E-state index is 0.386. The molecule has 0 aromatic heterocycles. The molecule has 0 bridgehead atoms. The Hall–Kier alpha value is -1.30. The van der Waals surface area contributed by atoms with Crippen LogP contribution in [0.25, 0.3) is 0 Å². The summed E-state index contributed by atoms with van der Waals surface area (Å²) in [7, 11) is 0. The predicted octanol–water partition coefficient (Wildman–Crippen LogP) is 1.02. The number of carbonyl (C=O) groups excluding carboxylic acids is 1. The first-order valence-corrected chi connectivity index (χ1v) is 7.13. The molecule has 1 saturated heterocycles. The van der Waals surface area contributed by atoms with Crippen LogP contribution in [0.5, 0.6) is 0 Å². The van der Waals surface area contributed by atoms with Gasteiger partial charge in [-0.3, -0.25) is 0 Å². The summed E-state index contributed by atoms with van der Waals surface area (Å²) in [6.07, 6.45) is 4.65. The maximum Gasteiger partial charge on any atom is 0.326 e. The van der Waals surface area contributed by atoms with E-state index in [1.54, 1.807) is 0 Å². The van der Waals surface area contributed by atoms with Gasteiger partial charge in [-0.05, 0) is 32.4 Å². The van der Waals surface area contributed by atoms with E-state index in [1.165, 1.54) is 12.8 Å². The molecule has 6 nitrogen and oxygen atoms in total. The molecule has 0 aliphatic carbocycles. The minimum Gasteiger partial charge on any atom is -0.480 e. The van der Waals surface area contributed by atoms with Crippen molar-refractivity contribution in [2.45, 2.75) is 45.1 Å². The Kier molecular flexibility index (Phi) is 7.25. The van der Waals surface area contributed by atoms with Crippen molar-refractivity contribution in [3.05, 3.63) is 0 Å². The van der Waals surface area contributed by atoms with Crippen LogP contribution in [0.1, 0.15) is 39.0 Å². The van der Waals surface area contributed by atoms with Crippen molar-refractivity contribution in [1.82, 2.24) is 15.5 Å². The van der Waals surface area contributed by atoms with Gasteiger partial charge in [0.1, 0.15) is 6.04 Å². The van der Waals surface area contributed by atoms with Crippen LogP contribution in [-0.2, 0) is 4.79 Å². The first kappa shape index (κ1) is 15.8. The first-order chi connectivity index (χ1) is 9.13. The van der Waals surface area contributed by atoms with Crippen LogP contribution < -0.4 is 10.6 Å². The van der Waals surface area contributed by atoms with Gasteiger partial charge in [0.2, 0.25) is 0 Å². The normalized spacial score (nSPS) is 17.1. The van der Waals surface area contributed by atoms with Crippen molar-refractivity contribution >= 4 is 12.0 Å². The molecule has 2 amide bonds. The highest BCUT2D eigenvalue weighted by molar-refractivity contribution is 5.82. The molecule has 6 heteroatoms. The largest absolute Gasteiger partial charge is 0.480 e. The molecule has 0 saturated carbocycles. The van der Waals surface area contributed by atoms with Crippen molar-refractivity contribution in [3.63, 3.8) is 0 Å². The van der Waals surface area contributed by atoms with Crippen molar-refractivity contribution in [3.8, 4) is 0 Å². The molecule has 1 heterocycles. The Bertz CT molecular complexity index is 291. The molecule has 3 N–H and O–H groups in total.